The van der Waals surface area contributed by atoms with Crippen molar-refractivity contribution in [1.29, 1.82) is 0 Å². The number of fused-ring (bicyclic) bond motifs is 1. The summed E-state index contributed by atoms with van der Waals surface area (Å²) in [5, 5.41) is 3.45. The number of hydrogen-bond acceptors (Lipinski definition) is 2. The fourth-order valence-electron chi connectivity index (χ4n) is 3.11. The molecule has 110 valence electrons. The minimum atomic E-state index is -0.286. The van der Waals surface area contributed by atoms with E-state index >= 15 is 0 Å². The number of hydrogen-bond donors (Lipinski definition) is 1. The minimum Gasteiger partial charge on any atom is -0.309 e. The molecule has 1 aromatic heterocycles. The third-order valence-electron chi connectivity index (χ3n) is 4.16. The summed E-state index contributed by atoms with van der Waals surface area (Å²) in [4.78, 5) is 4.23. The largest absolute Gasteiger partial charge is 0.309 e. The number of aromatic nitrogens is 1. The molecule has 0 spiro atoms. The second kappa shape index (κ2) is 6.35. The highest BCUT2D eigenvalue weighted by Gasteiger charge is 2.15. The third-order valence-corrected chi connectivity index (χ3v) is 4.16. The van der Waals surface area contributed by atoms with Crippen molar-refractivity contribution >= 4 is 0 Å². The van der Waals surface area contributed by atoms with E-state index in [2.05, 4.69) is 35.4 Å². The first-order valence-electron chi connectivity index (χ1n) is 7.72. The highest BCUT2D eigenvalue weighted by molar-refractivity contribution is 5.36. The molecule has 0 bridgehead atoms. The maximum absolute atomic E-state index is 13.0. The molecule has 2 aromatic rings. The van der Waals surface area contributed by atoms with Gasteiger partial charge < -0.3 is 5.32 Å². The smallest absolute Gasteiger partial charge is 0.141 e. The van der Waals surface area contributed by atoms with Crippen LogP contribution in [0.2, 0.25) is 0 Å². The molecule has 21 heavy (non-hydrogen) atoms. The summed E-state index contributed by atoms with van der Waals surface area (Å²) in [5.41, 5.74) is 5.22. The highest BCUT2D eigenvalue weighted by Crippen LogP contribution is 2.25. The average molecular weight is 284 g/mol. The molecular weight excluding hydrogens is 263 g/mol. The van der Waals surface area contributed by atoms with Crippen molar-refractivity contribution in [2.75, 3.05) is 6.54 Å². The number of aryl methyl sites for hydroxylation is 2. The number of nitrogens with one attached hydrogen (secondary N) is 1. The molecule has 1 aliphatic rings. The molecule has 1 heterocycles. The Morgan fingerprint density at radius 3 is 2.81 bits per heavy atom. The molecule has 3 rings (SSSR count). The second-order valence-corrected chi connectivity index (χ2v) is 5.67. The van der Waals surface area contributed by atoms with Gasteiger partial charge in [-0.1, -0.05) is 25.1 Å². The zero-order valence-corrected chi connectivity index (χ0v) is 12.4. The van der Waals surface area contributed by atoms with Crippen molar-refractivity contribution in [1.82, 2.24) is 10.3 Å². The fraction of sp³-hybridized carbons (Fsp3) is 0.389. The summed E-state index contributed by atoms with van der Waals surface area (Å²) in [7, 11) is 0. The van der Waals surface area contributed by atoms with E-state index in [-0.39, 0.29) is 11.9 Å². The van der Waals surface area contributed by atoms with Gasteiger partial charge in [-0.05, 0) is 61.1 Å². The van der Waals surface area contributed by atoms with E-state index in [4.69, 9.17) is 0 Å². The van der Waals surface area contributed by atoms with Crippen LogP contribution in [0.15, 0.2) is 36.5 Å². The van der Waals surface area contributed by atoms with Gasteiger partial charge in [-0.2, -0.15) is 0 Å². The maximum Gasteiger partial charge on any atom is 0.141 e. The lowest BCUT2D eigenvalue weighted by Crippen LogP contribution is -2.24. The molecule has 1 aliphatic carbocycles. The first-order chi connectivity index (χ1) is 10.3. The number of rotatable bonds is 5. The van der Waals surface area contributed by atoms with Gasteiger partial charge in [0.05, 0.1) is 17.9 Å². The van der Waals surface area contributed by atoms with Crippen molar-refractivity contribution in [3.8, 4) is 0 Å². The SMILES string of the molecule is CCNC(Cc1ccc2c(c1)CCC2)c1ccc(F)cn1. The molecule has 0 saturated heterocycles. The lowest BCUT2D eigenvalue weighted by atomic mass is 9.99. The monoisotopic (exact) mass is 284 g/mol. The van der Waals surface area contributed by atoms with Gasteiger partial charge >= 0.3 is 0 Å². The van der Waals surface area contributed by atoms with Gasteiger partial charge in [-0.15, -0.1) is 0 Å². The molecule has 1 unspecified atom stereocenters. The Bertz CT molecular complexity index is 607. The zero-order chi connectivity index (χ0) is 14.7. The van der Waals surface area contributed by atoms with Crippen LogP contribution in [0.25, 0.3) is 0 Å². The van der Waals surface area contributed by atoms with Gasteiger partial charge in [0.15, 0.2) is 0 Å². The first-order valence-corrected chi connectivity index (χ1v) is 7.72. The molecule has 1 N–H and O–H groups in total. The Hall–Kier alpha value is -1.74. The quantitative estimate of drug-likeness (QED) is 0.907. The molecule has 1 atom stereocenters. The Balaban J connectivity index is 1.80. The standard InChI is InChI=1S/C18H21FN2/c1-2-20-18(17-9-8-16(19)12-21-17)11-13-6-7-14-4-3-5-15(14)10-13/h6-10,12,18,20H,2-5,11H2,1H3. The van der Waals surface area contributed by atoms with Crippen molar-refractivity contribution in [3.05, 3.63) is 64.7 Å². The van der Waals surface area contributed by atoms with Crippen molar-refractivity contribution in [2.24, 2.45) is 0 Å². The van der Waals surface area contributed by atoms with Crippen LogP contribution in [0.3, 0.4) is 0 Å². The summed E-state index contributed by atoms with van der Waals surface area (Å²) < 4.78 is 13.0. The van der Waals surface area contributed by atoms with Gasteiger partial charge in [-0.3, -0.25) is 4.98 Å². The van der Waals surface area contributed by atoms with E-state index in [0.29, 0.717) is 0 Å². The second-order valence-electron chi connectivity index (χ2n) is 5.67. The fourth-order valence-corrected chi connectivity index (χ4v) is 3.11. The van der Waals surface area contributed by atoms with E-state index < -0.39 is 0 Å². The Kier molecular flexibility index (Phi) is 4.30. The van der Waals surface area contributed by atoms with Gasteiger partial charge in [0.2, 0.25) is 0 Å². The predicted molar refractivity (Wildman–Crippen MR) is 82.8 cm³/mol. The molecule has 0 amide bonds. The van der Waals surface area contributed by atoms with E-state index in [1.165, 1.54) is 48.2 Å². The average Bonchev–Trinajstić information content (AvgIpc) is 2.95. The molecule has 0 radical (unpaired) electrons. The van der Waals surface area contributed by atoms with E-state index in [0.717, 1.165) is 18.7 Å². The summed E-state index contributed by atoms with van der Waals surface area (Å²) in [6.07, 6.45) is 5.87. The Morgan fingerprint density at radius 2 is 2.05 bits per heavy atom. The molecule has 1 aromatic carbocycles. The molecule has 0 fully saturated rings. The lowest BCUT2D eigenvalue weighted by Gasteiger charge is -2.18. The molecule has 3 heteroatoms. The summed E-state index contributed by atoms with van der Waals surface area (Å²) >= 11 is 0. The zero-order valence-electron chi connectivity index (χ0n) is 12.4. The van der Waals surface area contributed by atoms with Crippen LogP contribution in [-0.4, -0.2) is 11.5 Å². The number of halogens is 1. The summed E-state index contributed by atoms with van der Waals surface area (Å²) in [6.45, 7) is 2.95. The van der Waals surface area contributed by atoms with Gasteiger partial charge in [0, 0.05) is 0 Å². The molecule has 2 nitrogen and oxygen atoms in total. The topological polar surface area (TPSA) is 24.9 Å². The van der Waals surface area contributed by atoms with Gasteiger partial charge in [0.25, 0.3) is 0 Å². The van der Waals surface area contributed by atoms with Crippen LogP contribution >= 0.6 is 0 Å². The Labute approximate surface area is 125 Å². The van der Waals surface area contributed by atoms with Crippen molar-refractivity contribution in [2.45, 2.75) is 38.6 Å². The van der Waals surface area contributed by atoms with Crippen LogP contribution in [0, 0.1) is 5.82 Å². The normalized spacial score (nSPS) is 15.0. The van der Waals surface area contributed by atoms with Crippen LogP contribution in [0.1, 0.15) is 41.8 Å². The third kappa shape index (κ3) is 3.30. The molecule has 0 aliphatic heterocycles. The van der Waals surface area contributed by atoms with Crippen LogP contribution in [0.5, 0.6) is 0 Å². The number of nitrogens with zero attached hydrogens (tertiary/aromatic N) is 1. The van der Waals surface area contributed by atoms with E-state index in [1.807, 2.05) is 0 Å². The predicted octanol–water partition coefficient (Wildman–Crippen LogP) is 3.60. The van der Waals surface area contributed by atoms with Crippen molar-refractivity contribution < 1.29 is 4.39 Å². The minimum absolute atomic E-state index is 0.134. The number of pyridine rings is 1. The van der Waals surface area contributed by atoms with Crippen LogP contribution in [0.4, 0.5) is 4.39 Å². The van der Waals surface area contributed by atoms with E-state index in [9.17, 15) is 4.39 Å². The van der Waals surface area contributed by atoms with Crippen LogP contribution in [-0.2, 0) is 19.3 Å². The maximum atomic E-state index is 13.0. The summed E-state index contributed by atoms with van der Waals surface area (Å²) in [5.74, 6) is -0.286. The lowest BCUT2D eigenvalue weighted by molar-refractivity contribution is 0.531. The number of likely N-dealkylation sites (N-methyl/N-ethyl adjacent to an activating group) is 1. The molecule has 0 saturated carbocycles. The van der Waals surface area contributed by atoms with Crippen LogP contribution < -0.4 is 5.32 Å². The summed E-state index contributed by atoms with van der Waals surface area (Å²) in [6, 6.07) is 10.2. The van der Waals surface area contributed by atoms with Gasteiger partial charge in [-0.25, -0.2) is 4.39 Å². The molecular formula is C18H21FN2. The number of benzene rings is 1. The highest BCUT2D eigenvalue weighted by atomic mass is 19.1. The Morgan fingerprint density at radius 1 is 1.19 bits per heavy atom. The van der Waals surface area contributed by atoms with Crippen molar-refractivity contribution in [3.63, 3.8) is 0 Å². The van der Waals surface area contributed by atoms with Gasteiger partial charge in [0.1, 0.15) is 5.82 Å². The first kappa shape index (κ1) is 14.2. The van der Waals surface area contributed by atoms with E-state index in [1.54, 1.807) is 6.07 Å².